The summed E-state index contributed by atoms with van der Waals surface area (Å²) < 4.78 is 5.53. The number of rotatable bonds is 5. The van der Waals surface area contributed by atoms with E-state index >= 15 is 0 Å². The van der Waals surface area contributed by atoms with Crippen LogP contribution in [0.4, 0.5) is 4.79 Å². The topological polar surface area (TPSA) is 97.4 Å². The van der Waals surface area contributed by atoms with Gasteiger partial charge in [-0.2, -0.15) is 0 Å². The molecule has 1 aliphatic rings. The Balaban J connectivity index is 1.67. The Morgan fingerprint density at radius 3 is 2.43 bits per heavy atom. The lowest BCUT2D eigenvalue weighted by atomic mass is 9.86. The Morgan fingerprint density at radius 2 is 1.76 bits per heavy atom. The smallest absolute Gasteiger partial charge is 0.339 e. The molecule has 2 N–H and O–H groups in total. The van der Waals surface area contributed by atoms with Crippen LogP contribution in [0.1, 0.15) is 73.8 Å². The number of hydrogen-bond acceptors (Lipinski definition) is 5. The van der Waals surface area contributed by atoms with E-state index in [4.69, 9.17) is 9.72 Å². The van der Waals surface area contributed by atoms with Crippen molar-refractivity contribution in [3.05, 3.63) is 76.5 Å². The third-order valence-corrected chi connectivity index (χ3v) is 6.49. The maximum absolute atomic E-state index is 13.4. The molecular weight excluding hydrogens is 466 g/mol. The first-order chi connectivity index (χ1) is 17.6. The van der Waals surface area contributed by atoms with Crippen LogP contribution in [0.2, 0.25) is 0 Å². The number of carbonyl (C=O) groups excluding carboxylic acids is 3. The number of imide groups is 1. The number of urea groups is 1. The number of fused-ring (bicyclic) bond motifs is 2. The Morgan fingerprint density at radius 1 is 1.05 bits per heavy atom. The number of ether oxygens (including phenoxy) is 1. The molecule has 3 aromatic rings. The van der Waals surface area contributed by atoms with Gasteiger partial charge in [-0.15, -0.1) is 0 Å². The zero-order chi connectivity index (χ0) is 26.7. The van der Waals surface area contributed by atoms with Gasteiger partial charge in [-0.25, -0.2) is 14.6 Å². The predicted molar refractivity (Wildman–Crippen MR) is 145 cm³/mol. The standard InChI is InChI=1S/C30H33N3O4/c1-6-31-29(36)33-27(34)18(2)37-28(35)25-22-9-7-8-10-24(22)32-26-20(13-16-23(25)26)17-19-11-14-21(15-12-19)30(3,4)5/h7-12,14-15,17-18H,6,13,16H2,1-5H3,(H2,31,33,34,36)/b20-17-/t18-/m0/s1. The van der Waals surface area contributed by atoms with Gasteiger partial charge in [-0.3, -0.25) is 10.1 Å². The molecule has 0 saturated carbocycles. The molecule has 1 aromatic heterocycles. The van der Waals surface area contributed by atoms with Crippen LogP contribution in [0.5, 0.6) is 0 Å². The second-order valence-electron chi connectivity index (χ2n) is 10.3. The van der Waals surface area contributed by atoms with Crippen molar-refractivity contribution in [3.63, 3.8) is 0 Å². The number of amides is 3. The normalized spacial score (nSPS) is 14.8. The van der Waals surface area contributed by atoms with E-state index in [1.807, 2.05) is 24.3 Å². The quantitative estimate of drug-likeness (QED) is 0.458. The number of nitrogens with one attached hydrogen (secondary N) is 2. The summed E-state index contributed by atoms with van der Waals surface area (Å²) >= 11 is 0. The fraction of sp³-hybridized carbons (Fsp3) is 0.333. The minimum Gasteiger partial charge on any atom is -0.449 e. The van der Waals surface area contributed by atoms with E-state index in [1.165, 1.54) is 12.5 Å². The molecule has 0 spiro atoms. The van der Waals surface area contributed by atoms with E-state index in [-0.39, 0.29) is 5.41 Å². The van der Waals surface area contributed by atoms with Crippen LogP contribution in [0.15, 0.2) is 48.5 Å². The molecule has 7 nitrogen and oxygen atoms in total. The van der Waals surface area contributed by atoms with Gasteiger partial charge in [-0.1, -0.05) is 63.2 Å². The molecular formula is C30H33N3O4. The number of allylic oxidation sites excluding steroid dienone is 1. The highest BCUT2D eigenvalue weighted by atomic mass is 16.5. The Labute approximate surface area is 217 Å². The average Bonchev–Trinajstić information content (AvgIpc) is 3.24. The summed E-state index contributed by atoms with van der Waals surface area (Å²) in [4.78, 5) is 42.4. The van der Waals surface area contributed by atoms with Gasteiger partial charge < -0.3 is 10.1 Å². The maximum atomic E-state index is 13.4. The molecule has 1 atom stereocenters. The highest BCUT2D eigenvalue weighted by molar-refractivity contribution is 6.08. The molecule has 0 aliphatic heterocycles. The van der Waals surface area contributed by atoms with Gasteiger partial charge in [-0.05, 0) is 66.5 Å². The van der Waals surface area contributed by atoms with E-state index in [1.54, 1.807) is 6.92 Å². The molecule has 0 unspecified atom stereocenters. The van der Waals surface area contributed by atoms with Crippen LogP contribution in [0, 0.1) is 0 Å². The van der Waals surface area contributed by atoms with Crippen LogP contribution in [-0.4, -0.2) is 35.5 Å². The second-order valence-corrected chi connectivity index (χ2v) is 10.3. The molecule has 1 aliphatic carbocycles. The summed E-state index contributed by atoms with van der Waals surface area (Å²) in [6.07, 6.45) is 2.36. The number of para-hydroxylation sites is 1. The van der Waals surface area contributed by atoms with Gasteiger partial charge in [0.2, 0.25) is 0 Å². The summed E-state index contributed by atoms with van der Waals surface area (Å²) in [6.45, 7) is 10.1. The summed E-state index contributed by atoms with van der Waals surface area (Å²) in [5.41, 5.74) is 6.18. The second kappa shape index (κ2) is 10.5. The van der Waals surface area contributed by atoms with Crippen molar-refractivity contribution in [2.24, 2.45) is 0 Å². The average molecular weight is 500 g/mol. The SMILES string of the molecule is CCNC(=O)NC(=O)[C@H](C)OC(=O)c1c2c(nc3ccccc13)/C(=C\c1ccc(C(C)(C)C)cc1)CC2. The zero-order valence-electron chi connectivity index (χ0n) is 22.0. The third kappa shape index (κ3) is 5.71. The Bertz CT molecular complexity index is 1380. The fourth-order valence-corrected chi connectivity index (χ4v) is 4.48. The summed E-state index contributed by atoms with van der Waals surface area (Å²) in [6, 6.07) is 15.3. The molecule has 7 heteroatoms. The van der Waals surface area contributed by atoms with Crippen LogP contribution < -0.4 is 10.6 Å². The molecule has 0 radical (unpaired) electrons. The van der Waals surface area contributed by atoms with Crippen molar-refractivity contribution in [3.8, 4) is 0 Å². The molecule has 0 bridgehead atoms. The first kappa shape index (κ1) is 26.1. The molecule has 37 heavy (non-hydrogen) atoms. The number of aromatic nitrogens is 1. The van der Waals surface area contributed by atoms with Crippen molar-refractivity contribution in [1.82, 2.24) is 15.6 Å². The Hall–Kier alpha value is -4.00. The number of nitrogens with zero attached hydrogens (tertiary/aromatic N) is 1. The minimum absolute atomic E-state index is 0.0786. The molecule has 3 amide bonds. The van der Waals surface area contributed by atoms with Crippen molar-refractivity contribution >= 4 is 40.5 Å². The van der Waals surface area contributed by atoms with E-state index in [0.29, 0.717) is 29.4 Å². The molecule has 192 valence electrons. The van der Waals surface area contributed by atoms with E-state index in [2.05, 4.69) is 61.7 Å². The van der Waals surface area contributed by atoms with Gasteiger partial charge in [0, 0.05) is 11.9 Å². The van der Waals surface area contributed by atoms with Gasteiger partial charge in [0.15, 0.2) is 6.10 Å². The molecule has 0 fully saturated rings. The molecule has 4 rings (SSSR count). The zero-order valence-corrected chi connectivity index (χ0v) is 22.0. The van der Waals surface area contributed by atoms with E-state index < -0.39 is 24.0 Å². The number of esters is 1. The summed E-state index contributed by atoms with van der Waals surface area (Å²) in [5, 5.41) is 5.35. The number of hydrogen-bond donors (Lipinski definition) is 2. The van der Waals surface area contributed by atoms with Gasteiger partial charge in [0.1, 0.15) is 0 Å². The van der Waals surface area contributed by atoms with Crippen LogP contribution >= 0.6 is 0 Å². The van der Waals surface area contributed by atoms with Crippen molar-refractivity contribution in [2.75, 3.05) is 6.54 Å². The monoisotopic (exact) mass is 499 g/mol. The lowest BCUT2D eigenvalue weighted by Gasteiger charge is -2.18. The molecule has 1 heterocycles. The molecule has 0 saturated heterocycles. The number of benzene rings is 2. The lowest BCUT2D eigenvalue weighted by molar-refractivity contribution is -0.127. The van der Waals surface area contributed by atoms with E-state index in [0.717, 1.165) is 28.8 Å². The molecule has 2 aromatic carbocycles. The first-order valence-electron chi connectivity index (χ1n) is 12.6. The Kier molecular flexibility index (Phi) is 7.43. The third-order valence-electron chi connectivity index (χ3n) is 6.49. The van der Waals surface area contributed by atoms with Crippen LogP contribution in [0.25, 0.3) is 22.6 Å². The maximum Gasteiger partial charge on any atom is 0.339 e. The van der Waals surface area contributed by atoms with Gasteiger partial charge in [0.05, 0.1) is 16.8 Å². The van der Waals surface area contributed by atoms with Crippen LogP contribution in [0.3, 0.4) is 0 Å². The lowest BCUT2D eigenvalue weighted by Crippen LogP contribution is -2.44. The van der Waals surface area contributed by atoms with E-state index in [9.17, 15) is 14.4 Å². The highest BCUT2D eigenvalue weighted by Gasteiger charge is 2.29. The fourth-order valence-electron chi connectivity index (χ4n) is 4.48. The van der Waals surface area contributed by atoms with Crippen molar-refractivity contribution in [1.29, 1.82) is 0 Å². The highest BCUT2D eigenvalue weighted by Crippen LogP contribution is 2.38. The predicted octanol–water partition coefficient (Wildman–Crippen LogP) is 5.41. The first-order valence-corrected chi connectivity index (χ1v) is 12.6. The summed E-state index contributed by atoms with van der Waals surface area (Å²) in [7, 11) is 0. The summed E-state index contributed by atoms with van der Waals surface area (Å²) in [5.74, 6) is -1.29. The van der Waals surface area contributed by atoms with Crippen LogP contribution in [-0.2, 0) is 21.4 Å². The number of carbonyl (C=O) groups is 3. The number of pyridine rings is 1. The minimum atomic E-state index is -1.14. The van der Waals surface area contributed by atoms with Crippen molar-refractivity contribution < 1.29 is 19.1 Å². The van der Waals surface area contributed by atoms with Crippen molar-refractivity contribution in [2.45, 2.75) is 59.0 Å². The van der Waals surface area contributed by atoms with Gasteiger partial charge in [0.25, 0.3) is 5.91 Å². The van der Waals surface area contributed by atoms with Gasteiger partial charge >= 0.3 is 12.0 Å². The largest absolute Gasteiger partial charge is 0.449 e.